The molecule has 1 aromatic carbocycles. The average Bonchev–Trinajstić information content (AvgIpc) is 2.38. The lowest BCUT2D eigenvalue weighted by Gasteiger charge is -2.17. The number of phenols is 2. The molecule has 0 unspecified atom stereocenters. The Labute approximate surface area is 118 Å². The van der Waals surface area contributed by atoms with Gasteiger partial charge < -0.3 is 20.4 Å². The molecule has 1 aromatic rings. The number of amides is 2. The van der Waals surface area contributed by atoms with Crippen LogP contribution in [-0.4, -0.2) is 47.1 Å². The molecule has 0 atom stereocenters. The lowest BCUT2D eigenvalue weighted by molar-refractivity contribution is -0.121. The third-order valence-corrected chi connectivity index (χ3v) is 2.66. The number of rotatable bonds is 5. The summed E-state index contributed by atoms with van der Waals surface area (Å²) in [5.41, 5.74) is 0.208. The van der Waals surface area contributed by atoms with Gasteiger partial charge in [-0.15, -0.1) is 0 Å². The molecule has 0 fully saturated rings. The van der Waals surface area contributed by atoms with Crippen LogP contribution in [0.15, 0.2) is 18.2 Å². The van der Waals surface area contributed by atoms with Gasteiger partial charge in [-0.1, -0.05) is 13.8 Å². The highest BCUT2D eigenvalue weighted by Gasteiger charge is 2.16. The first-order chi connectivity index (χ1) is 9.31. The van der Waals surface area contributed by atoms with Crippen molar-refractivity contribution in [1.82, 2.24) is 10.2 Å². The van der Waals surface area contributed by atoms with Gasteiger partial charge in [0.1, 0.15) is 0 Å². The molecular weight excluding hydrogens is 260 g/mol. The Hall–Kier alpha value is -2.24. The van der Waals surface area contributed by atoms with Crippen molar-refractivity contribution in [3.05, 3.63) is 23.8 Å². The van der Waals surface area contributed by atoms with E-state index in [0.29, 0.717) is 12.5 Å². The summed E-state index contributed by atoms with van der Waals surface area (Å²) in [6, 6.07) is 3.79. The van der Waals surface area contributed by atoms with Crippen molar-refractivity contribution >= 4 is 11.8 Å². The first-order valence-electron chi connectivity index (χ1n) is 6.35. The number of nitrogens with one attached hydrogen (secondary N) is 1. The standard InChI is InChI=1S/C14H20N2O4/c1-9(2)7-15-13(19)8-16(3)14(20)10-4-5-11(17)12(18)6-10/h4-6,9,17-18H,7-8H2,1-3H3,(H,15,19). The van der Waals surface area contributed by atoms with Crippen LogP contribution in [0.25, 0.3) is 0 Å². The molecule has 0 saturated heterocycles. The Kier molecular flexibility index (Phi) is 5.37. The fourth-order valence-corrected chi connectivity index (χ4v) is 1.54. The van der Waals surface area contributed by atoms with Crippen LogP contribution in [0.3, 0.4) is 0 Å². The van der Waals surface area contributed by atoms with E-state index in [-0.39, 0.29) is 29.5 Å². The van der Waals surface area contributed by atoms with Gasteiger partial charge >= 0.3 is 0 Å². The second kappa shape index (κ2) is 6.79. The Bertz CT molecular complexity index is 500. The third-order valence-electron chi connectivity index (χ3n) is 2.66. The minimum absolute atomic E-state index is 0.0623. The Morgan fingerprint density at radius 3 is 2.45 bits per heavy atom. The maximum atomic E-state index is 12.0. The lowest BCUT2D eigenvalue weighted by Crippen LogP contribution is -2.39. The second-order valence-electron chi connectivity index (χ2n) is 5.06. The summed E-state index contributed by atoms with van der Waals surface area (Å²) in [7, 11) is 1.50. The molecule has 0 heterocycles. The number of hydrogen-bond acceptors (Lipinski definition) is 4. The minimum Gasteiger partial charge on any atom is -0.504 e. The molecule has 0 saturated carbocycles. The summed E-state index contributed by atoms with van der Waals surface area (Å²) in [6.07, 6.45) is 0. The number of aromatic hydroxyl groups is 2. The van der Waals surface area contributed by atoms with Gasteiger partial charge in [0.25, 0.3) is 5.91 Å². The summed E-state index contributed by atoms with van der Waals surface area (Å²) in [5, 5.41) is 21.3. The van der Waals surface area contributed by atoms with Crippen LogP contribution in [0.1, 0.15) is 24.2 Å². The first-order valence-corrected chi connectivity index (χ1v) is 6.35. The molecule has 1 rings (SSSR count). The van der Waals surface area contributed by atoms with Crippen LogP contribution >= 0.6 is 0 Å². The predicted molar refractivity (Wildman–Crippen MR) is 74.6 cm³/mol. The summed E-state index contributed by atoms with van der Waals surface area (Å²) >= 11 is 0. The van der Waals surface area contributed by atoms with E-state index < -0.39 is 5.91 Å². The van der Waals surface area contributed by atoms with Crippen molar-refractivity contribution in [1.29, 1.82) is 0 Å². The Morgan fingerprint density at radius 2 is 1.90 bits per heavy atom. The fourth-order valence-electron chi connectivity index (χ4n) is 1.54. The van der Waals surface area contributed by atoms with Crippen LogP contribution in [0, 0.1) is 5.92 Å². The number of carbonyl (C=O) groups is 2. The van der Waals surface area contributed by atoms with E-state index in [2.05, 4.69) is 5.32 Å². The molecule has 3 N–H and O–H groups in total. The smallest absolute Gasteiger partial charge is 0.254 e. The third kappa shape index (κ3) is 4.46. The molecular formula is C14H20N2O4. The highest BCUT2D eigenvalue weighted by Crippen LogP contribution is 2.25. The molecule has 0 bridgehead atoms. The number of benzene rings is 1. The number of hydrogen-bond donors (Lipinski definition) is 3. The van der Waals surface area contributed by atoms with Crippen molar-refractivity contribution in [2.45, 2.75) is 13.8 Å². The van der Waals surface area contributed by atoms with E-state index in [1.807, 2.05) is 13.8 Å². The quantitative estimate of drug-likeness (QED) is 0.700. The molecule has 6 nitrogen and oxygen atoms in total. The van der Waals surface area contributed by atoms with E-state index in [9.17, 15) is 19.8 Å². The van der Waals surface area contributed by atoms with Crippen LogP contribution in [-0.2, 0) is 4.79 Å². The zero-order valence-corrected chi connectivity index (χ0v) is 11.9. The molecule has 0 aliphatic rings. The summed E-state index contributed by atoms with van der Waals surface area (Å²) < 4.78 is 0. The summed E-state index contributed by atoms with van der Waals surface area (Å²) in [4.78, 5) is 24.9. The van der Waals surface area contributed by atoms with E-state index >= 15 is 0 Å². The molecule has 0 spiro atoms. The Morgan fingerprint density at radius 1 is 1.25 bits per heavy atom. The zero-order valence-electron chi connectivity index (χ0n) is 11.9. The largest absolute Gasteiger partial charge is 0.504 e. The van der Waals surface area contributed by atoms with Crippen LogP contribution in [0.4, 0.5) is 0 Å². The van der Waals surface area contributed by atoms with Gasteiger partial charge in [-0.05, 0) is 24.1 Å². The molecule has 0 aliphatic carbocycles. The normalized spacial score (nSPS) is 10.4. The molecule has 0 radical (unpaired) electrons. The van der Waals surface area contributed by atoms with E-state index in [0.717, 1.165) is 0 Å². The minimum atomic E-state index is -0.403. The molecule has 0 aromatic heterocycles. The SMILES string of the molecule is CC(C)CNC(=O)CN(C)C(=O)c1ccc(O)c(O)c1. The molecule has 20 heavy (non-hydrogen) atoms. The lowest BCUT2D eigenvalue weighted by atomic mass is 10.2. The molecule has 0 aliphatic heterocycles. The van der Waals surface area contributed by atoms with Gasteiger partial charge in [-0.3, -0.25) is 9.59 Å². The van der Waals surface area contributed by atoms with Crippen molar-refractivity contribution in [3.8, 4) is 11.5 Å². The van der Waals surface area contributed by atoms with Crippen LogP contribution in [0.2, 0.25) is 0 Å². The number of phenolic OH excluding ortho intramolecular Hbond substituents is 2. The van der Waals surface area contributed by atoms with Gasteiger partial charge in [-0.2, -0.15) is 0 Å². The van der Waals surface area contributed by atoms with Gasteiger partial charge in [0.2, 0.25) is 5.91 Å². The highest BCUT2D eigenvalue weighted by atomic mass is 16.3. The molecule has 110 valence electrons. The monoisotopic (exact) mass is 280 g/mol. The van der Waals surface area contributed by atoms with Crippen molar-refractivity contribution in [2.75, 3.05) is 20.1 Å². The Balaban J connectivity index is 2.62. The topological polar surface area (TPSA) is 89.9 Å². The van der Waals surface area contributed by atoms with Crippen molar-refractivity contribution < 1.29 is 19.8 Å². The van der Waals surface area contributed by atoms with E-state index in [1.165, 1.54) is 30.1 Å². The predicted octanol–water partition coefficient (Wildman–Crippen LogP) is 0.942. The van der Waals surface area contributed by atoms with E-state index in [4.69, 9.17) is 0 Å². The van der Waals surface area contributed by atoms with E-state index in [1.54, 1.807) is 0 Å². The van der Waals surface area contributed by atoms with Gasteiger partial charge in [-0.25, -0.2) is 0 Å². The van der Waals surface area contributed by atoms with Crippen molar-refractivity contribution in [3.63, 3.8) is 0 Å². The average molecular weight is 280 g/mol. The maximum Gasteiger partial charge on any atom is 0.254 e. The van der Waals surface area contributed by atoms with Crippen molar-refractivity contribution in [2.24, 2.45) is 5.92 Å². The molecule has 6 heteroatoms. The van der Waals surface area contributed by atoms with Gasteiger partial charge in [0.15, 0.2) is 11.5 Å². The first kappa shape index (κ1) is 15.8. The molecule has 2 amide bonds. The zero-order chi connectivity index (χ0) is 15.3. The number of nitrogens with zero attached hydrogens (tertiary/aromatic N) is 1. The maximum absolute atomic E-state index is 12.0. The summed E-state index contributed by atoms with van der Waals surface area (Å²) in [6.45, 7) is 4.46. The second-order valence-corrected chi connectivity index (χ2v) is 5.06. The fraction of sp³-hybridized carbons (Fsp3) is 0.429. The van der Waals surface area contributed by atoms with Gasteiger partial charge in [0, 0.05) is 19.2 Å². The summed E-state index contributed by atoms with van der Waals surface area (Å²) in [5.74, 6) is -0.959. The highest BCUT2D eigenvalue weighted by molar-refractivity contribution is 5.96. The van der Waals surface area contributed by atoms with Crippen LogP contribution in [0.5, 0.6) is 11.5 Å². The number of likely N-dealkylation sites (N-methyl/N-ethyl adjacent to an activating group) is 1. The van der Waals surface area contributed by atoms with Crippen LogP contribution < -0.4 is 5.32 Å². The van der Waals surface area contributed by atoms with Gasteiger partial charge in [0.05, 0.1) is 6.54 Å². The number of carbonyl (C=O) groups excluding carboxylic acids is 2.